The Morgan fingerprint density at radius 1 is 1.09 bits per heavy atom. The van der Waals surface area contributed by atoms with Gasteiger partial charge in [-0.05, 0) is 49.4 Å². The second kappa shape index (κ2) is 6.79. The van der Waals surface area contributed by atoms with Crippen LogP contribution >= 0.6 is 11.6 Å². The molecule has 4 heterocycles. The highest BCUT2D eigenvalue weighted by molar-refractivity contribution is 7.92. The Bertz CT molecular complexity index is 1260. The van der Waals surface area contributed by atoms with Crippen LogP contribution in [0.2, 0.25) is 5.02 Å². The minimum absolute atomic E-state index is 0.00506. The number of carbonyl (C=O) groups excluding carboxylic acids is 1. The van der Waals surface area contributed by atoms with E-state index in [0.717, 1.165) is 61.7 Å². The Kier molecular flexibility index (Phi) is 4.20. The predicted molar refractivity (Wildman–Crippen MR) is 122 cm³/mol. The zero-order valence-corrected chi connectivity index (χ0v) is 19.9. The van der Waals surface area contributed by atoms with Crippen LogP contribution in [-0.2, 0) is 27.7 Å². The summed E-state index contributed by atoms with van der Waals surface area (Å²) in [5, 5.41) is 9.85. The van der Waals surface area contributed by atoms with Crippen molar-refractivity contribution in [2.24, 2.45) is 11.3 Å². The number of hydrogen-bond donors (Lipinski definition) is 0. The van der Waals surface area contributed by atoms with Crippen LogP contribution < -0.4 is 0 Å². The van der Waals surface area contributed by atoms with Crippen molar-refractivity contribution < 1.29 is 13.2 Å². The van der Waals surface area contributed by atoms with Gasteiger partial charge in [-0.3, -0.25) is 14.3 Å². The fourth-order valence-corrected chi connectivity index (χ4v) is 7.95. The number of benzene rings is 1. The molecule has 2 saturated heterocycles. The molecule has 1 amide bonds. The summed E-state index contributed by atoms with van der Waals surface area (Å²) in [6, 6.07) is 5.91. The van der Waals surface area contributed by atoms with Gasteiger partial charge in [0.2, 0.25) is 5.91 Å². The molecule has 0 radical (unpaired) electrons. The lowest BCUT2D eigenvalue weighted by molar-refractivity contribution is -0.153. The molecule has 5 aliphatic rings. The molecule has 174 valence electrons. The van der Waals surface area contributed by atoms with Crippen molar-refractivity contribution in [1.29, 1.82) is 0 Å². The lowest BCUT2D eigenvalue weighted by Crippen LogP contribution is -2.63. The topological polar surface area (TPSA) is 88.4 Å². The van der Waals surface area contributed by atoms with Crippen molar-refractivity contribution in [3.05, 3.63) is 40.4 Å². The number of carbonyl (C=O) groups is 1. The lowest BCUT2D eigenvalue weighted by atomic mass is 9.57. The molecule has 1 spiro atoms. The molecule has 0 N–H and O–H groups in total. The molecule has 3 aliphatic heterocycles. The van der Waals surface area contributed by atoms with Crippen LogP contribution in [0.4, 0.5) is 0 Å². The molecule has 1 aromatic heterocycles. The first kappa shape index (κ1) is 20.4. The summed E-state index contributed by atoms with van der Waals surface area (Å²) in [7, 11) is -2.92. The van der Waals surface area contributed by atoms with Crippen LogP contribution in [0.15, 0.2) is 18.2 Å². The van der Waals surface area contributed by atoms with E-state index in [0.29, 0.717) is 35.9 Å². The predicted octanol–water partition coefficient (Wildman–Crippen LogP) is 2.15. The van der Waals surface area contributed by atoms with E-state index in [1.165, 1.54) is 0 Å². The van der Waals surface area contributed by atoms with E-state index in [-0.39, 0.29) is 23.0 Å². The average molecular weight is 488 g/mol. The van der Waals surface area contributed by atoms with Gasteiger partial charge in [0.15, 0.2) is 15.7 Å². The van der Waals surface area contributed by atoms with Gasteiger partial charge in [0.25, 0.3) is 0 Å². The summed E-state index contributed by atoms with van der Waals surface area (Å²) in [5.41, 5.74) is 2.37. The Balaban J connectivity index is 1.15. The van der Waals surface area contributed by atoms with Crippen molar-refractivity contribution in [2.45, 2.75) is 50.7 Å². The van der Waals surface area contributed by atoms with Crippen LogP contribution in [0.25, 0.3) is 5.69 Å². The number of halogens is 1. The summed E-state index contributed by atoms with van der Waals surface area (Å²) in [5.74, 6) is 3.20. The molecule has 2 aliphatic carbocycles. The van der Waals surface area contributed by atoms with Gasteiger partial charge in [0.05, 0.1) is 23.7 Å². The number of rotatable bonds is 3. The van der Waals surface area contributed by atoms with Gasteiger partial charge >= 0.3 is 0 Å². The van der Waals surface area contributed by atoms with Gasteiger partial charge in [0.1, 0.15) is 5.82 Å². The molecule has 7 rings (SSSR count). The van der Waals surface area contributed by atoms with E-state index in [1.54, 1.807) is 0 Å². The molecule has 10 heteroatoms. The number of sulfone groups is 1. The monoisotopic (exact) mass is 487 g/mol. The number of nitrogens with zero attached hydrogens (tertiary/aromatic N) is 5. The molecule has 0 unspecified atom stereocenters. The van der Waals surface area contributed by atoms with Crippen molar-refractivity contribution in [3.8, 4) is 5.69 Å². The molecule has 8 nitrogen and oxygen atoms in total. The van der Waals surface area contributed by atoms with Gasteiger partial charge in [0, 0.05) is 47.9 Å². The van der Waals surface area contributed by atoms with E-state index < -0.39 is 9.84 Å². The molecule has 1 aromatic carbocycles. The third kappa shape index (κ3) is 3.26. The maximum Gasteiger partial charge on any atom is 0.225 e. The maximum atomic E-state index is 12.3. The Morgan fingerprint density at radius 2 is 1.85 bits per heavy atom. The van der Waals surface area contributed by atoms with E-state index in [9.17, 15) is 13.2 Å². The normalized spacial score (nSPS) is 26.0. The number of fused-ring (bicyclic) bond motifs is 3. The maximum absolute atomic E-state index is 12.3. The fraction of sp³-hybridized carbons (Fsp3) is 0.609. The Hall–Kier alpha value is -1.97. The summed E-state index contributed by atoms with van der Waals surface area (Å²) in [4.78, 5) is 16.6. The Labute approximate surface area is 197 Å². The second-order valence-corrected chi connectivity index (χ2v) is 13.4. The van der Waals surface area contributed by atoms with E-state index in [1.807, 2.05) is 23.1 Å². The van der Waals surface area contributed by atoms with Gasteiger partial charge in [-0.2, -0.15) is 0 Å². The summed E-state index contributed by atoms with van der Waals surface area (Å²) >= 11 is 6.33. The third-order valence-corrected chi connectivity index (χ3v) is 10.2. The quantitative estimate of drug-likeness (QED) is 0.659. The number of likely N-dealkylation sites (tertiary alicyclic amines) is 1. The minimum Gasteiger partial charge on any atom is -0.341 e. The van der Waals surface area contributed by atoms with Crippen molar-refractivity contribution in [1.82, 2.24) is 24.6 Å². The molecule has 2 aromatic rings. The second-order valence-electron chi connectivity index (χ2n) is 10.8. The SMILES string of the molecule is O=C(C1CC1)N1CC2(CC(c3nnc4n3-c3ccc(Cl)cc3CN(C3CS(=O)(=O)C3)C4)C2)C1. The van der Waals surface area contributed by atoms with Gasteiger partial charge in [-0.25, -0.2) is 8.42 Å². The average Bonchev–Trinajstić information content (AvgIpc) is 3.48. The molecule has 0 bridgehead atoms. The minimum atomic E-state index is -2.92. The molecule has 4 fully saturated rings. The first-order valence-electron chi connectivity index (χ1n) is 11.8. The van der Waals surface area contributed by atoms with Gasteiger partial charge in [-0.1, -0.05) is 11.6 Å². The van der Waals surface area contributed by atoms with Crippen LogP contribution in [-0.4, -0.2) is 69.5 Å². The summed E-state index contributed by atoms with van der Waals surface area (Å²) in [6.07, 6.45) is 4.19. The van der Waals surface area contributed by atoms with Crippen LogP contribution in [0.1, 0.15) is 48.8 Å². The summed E-state index contributed by atoms with van der Waals surface area (Å²) < 4.78 is 25.8. The van der Waals surface area contributed by atoms with Crippen LogP contribution in [0.5, 0.6) is 0 Å². The number of hydrogen-bond acceptors (Lipinski definition) is 6. The standard InChI is InChI=1S/C23H26ClN5O3S/c24-17-3-4-19-15(5-17)8-27(18-10-33(31,32)11-18)9-20-25-26-21(29(19)20)16-6-23(7-16)12-28(13-23)22(30)14-1-2-14/h3-5,14,16,18H,1-2,6-13H2. The molecule has 0 atom stereocenters. The highest BCUT2D eigenvalue weighted by Crippen LogP contribution is 2.56. The molecule has 2 saturated carbocycles. The zero-order valence-electron chi connectivity index (χ0n) is 18.3. The van der Waals surface area contributed by atoms with Crippen molar-refractivity contribution >= 4 is 27.3 Å². The lowest BCUT2D eigenvalue weighted by Gasteiger charge is -2.58. The van der Waals surface area contributed by atoms with Crippen LogP contribution in [0.3, 0.4) is 0 Å². The Morgan fingerprint density at radius 3 is 2.55 bits per heavy atom. The fourth-order valence-electron chi connectivity index (χ4n) is 6.26. The van der Waals surface area contributed by atoms with Gasteiger partial charge < -0.3 is 4.90 Å². The molecular weight excluding hydrogens is 462 g/mol. The van der Waals surface area contributed by atoms with Crippen molar-refractivity contribution in [3.63, 3.8) is 0 Å². The summed E-state index contributed by atoms with van der Waals surface area (Å²) in [6.45, 7) is 2.98. The van der Waals surface area contributed by atoms with E-state index in [2.05, 4.69) is 19.7 Å². The van der Waals surface area contributed by atoms with E-state index >= 15 is 0 Å². The van der Waals surface area contributed by atoms with Crippen LogP contribution in [0, 0.1) is 11.3 Å². The van der Waals surface area contributed by atoms with Crippen molar-refractivity contribution in [2.75, 3.05) is 24.6 Å². The van der Waals surface area contributed by atoms with Gasteiger partial charge in [-0.15, -0.1) is 10.2 Å². The smallest absolute Gasteiger partial charge is 0.225 e. The largest absolute Gasteiger partial charge is 0.341 e. The highest BCUT2D eigenvalue weighted by Gasteiger charge is 2.56. The molecule has 33 heavy (non-hydrogen) atoms. The first-order chi connectivity index (χ1) is 15.8. The first-order valence-corrected chi connectivity index (χ1v) is 14.0. The number of aromatic nitrogens is 3. The number of amides is 1. The zero-order chi connectivity index (χ0) is 22.5. The van der Waals surface area contributed by atoms with E-state index in [4.69, 9.17) is 11.6 Å². The highest BCUT2D eigenvalue weighted by atomic mass is 35.5. The third-order valence-electron chi connectivity index (χ3n) is 8.18. The molecular formula is C23H26ClN5O3S.